The first-order valence-electron chi connectivity index (χ1n) is 11.7. The van der Waals surface area contributed by atoms with Crippen LogP contribution in [0.2, 0.25) is 18.1 Å². The van der Waals surface area contributed by atoms with Crippen LogP contribution in [0.1, 0.15) is 50.3 Å². The standard InChI is InChI=1S/C24H33N5O5SSi/c1-23(2,3)36(6,7)34-16-13-24(4,33-22(16)35(5,31)32)29-19(25)17-20(27-14-26-17)28-21(29)18(30)15-11-9-8-10-12-15/h8-12,14,16,22,25H,13H2,1-7H3,(H,26,27)/t16-,22+,24+/m0/s1. The fourth-order valence-electron chi connectivity index (χ4n) is 4.25. The number of carbonyl (C=O) groups is 1. The first-order chi connectivity index (χ1) is 16.6. The molecular weight excluding hydrogens is 498 g/mol. The maximum Gasteiger partial charge on any atom is 0.228 e. The molecule has 1 fully saturated rings. The zero-order valence-corrected chi connectivity index (χ0v) is 23.4. The fourth-order valence-corrected chi connectivity index (χ4v) is 6.75. The van der Waals surface area contributed by atoms with Crippen LogP contribution in [0.5, 0.6) is 0 Å². The van der Waals surface area contributed by atoms with Crippen molar-refractivity contribution in [2.75, 3.05) is 6.26 Å². The number of nitrogens with zero attached hydrogens (tertiary/aromatic N) is 3. The second-order valence-corrected chi connectivity index (χ2v) is 17.9. The van der Waals surface area contributed by atoms with Crippen LogP contribution < -0.4 is 5.49 Å². The summed E-state index contributed by atoms with van der Waals surface area (Å²) in [5, 5.41) is 8.79. The number of ketones is 1. The van der Waals surface area contributed by atoms with Crippen molar-refractivity contribution in [3.8, 4) is 0 Å². The molecule has 1 saturated heterocycles. The second kappa shape index (κ2) is 8.72. The van der Waals surface area contributed by atoms with Gasteiger partial charge < -0.3 is 14.1 Å². The lowest BCUT2D eigenvalue weighted by molar-refractivity contribution is -0.0664. The molecule has 1 aliphatic rings. The summed E-state index contributed by atoms with van der Waals surface area (Å²) in [6.45, 7) is 12.0. The highest BCUT2D eigenvalue weighted by atomic mass is 32.2. The van der Waals surface area contributed by atoms with Gasteiger partial charge in [-0.1, -0.05) is 51.1 Å². The van der Waals surface area contributed by atoms with Gasteiger partial charge in [0.1, 0.15) is 11.2 Å². The molecular formula is C24H33N5O5SSi. The van der Waals surface area contributed by atoms with Gasteiger partial charge in [-0.15, -0.1) is 0 Å². The molecule has 0 amide bonds. The third-order valence-corrected chi connectivity index (χ3v) is 12.9. The van der Waals surface area contributed by atoms with Gasteiger partial charge in [-0.05, 0) is 25.1 Å². The molecule has 1 aliphatic heterocycles. The monoisotopic (exact) mass is 531 g/mol. The molecule has 0 aliphatic carbocycles. The Morgan fingerprint density at radius 3 is 2.50 bits per heavy atom. The van der Waals surface area contributed by atoms with Crippen LogP contribution >= 0.6 is 0 Å². The molecule has 0 bridgehead atoms. The van der Waals surface area contributed by atoms with Crippen molar-refractivity contribution >= 4 is 35.1 Å². The lowest BCUT2D eigenvalue weighted by atomic mass is 10.1. The summed E-state index contributed by atoms with van der Waals surface area (Å²) in [7, 11) is -6.09. The van der Waals surface area contributed by atoms with Crippen LogP contribution in [0, 0.1) is 5.41 Å². The molecule has 3 aromatic rings. The van der Waals surface area contributed by atoms with Gasteiger partial charge in [0, 0.05) is 18.2 Å². The summed E-state index contributed by atoms with van der Waals surface area (Å²) in [6, 6.07) is 8.60. The normalized spacial score (nSPS) is 23.3. The van der Waals surface area contributed by atoms with Gasteiger partial charge in [0.05, 0.1) is 12.4 Å². The van der Waals surface area contributed by atoms with E-state index in [0.717, 1.165) is 6.26 Å². The molecule has 3 heterocycles. The minimum atomic E-state index is -3.70. The highest BCUT2D eigenvalue weighted by Crippen LogP contribution is 2.44. The first-order valence-corrected chi connectivity index (χ1v) is 16.6. The van der Waals surface area contributed by atoms with Crippen LogP contribution in [0.3, 0.4) is 0 Å². The van der Waals surface area contributed by atoms with Gasteiger partial charge in [0.15, 0.2) is 40.5 Å². The van der Waals surface area contributed by atoms with Crippen molar-refractivity contribution in [3.63, 3.8) is 0 Å². The van der Waals surface area contributed by atoms with Gasteiger partial charge in [-0.3, -0.25) is 14.8 Å². The Morgan fingerprint density at radius 1 is 1.28 bits per heavy atom. The van der Waals surface area contributed by atoms with E-state index >= 15 is 0 Å². The van der Waals surface area contributed by atoms with E-state index in [1.807, 2.05) is 13.1 Å². The van der Waals surface area contributed by atoms with E-state index in [9.17, 15) is 13.2 Å². The molecule has 12 heteroatoms. The predicted molar refractivity (Wildman–Crippen MR) is 138 cm³/mol. The predicted octanol–water partition coefficient (Wildman–Crippen LogP) is 3.32. The number of H-pyrrole nitrogens is 1. The number of sulfone groups is 1. The molecule has 3 atom stereocenters. The summed E-state index contributed by atoms with van der Waals surface area (Å²) in [5.74, 6) is -0.489. The van der Waals surface area contributed by atoms with E-state index in [0.29, 0.717) is 11.1 Å². The number of hydrogen-bond acceptors (Lipinski definition) is 8. The van der Waals surface area contributed by atoms with Gasteiger partial charge in [0.25, 0.3) is 0 Å². The molecule has 10 nitrogen and oxygen atoms in total. The molecule has 4 rings (SSSR count). The highest BCUT2D eigenvalue weighted by Gasteiger charge is 2.54. The van der Waals surface area contributed by atoms with Crippen molar-refractivity contribution in [1.82, 2.24) is 19.5 Å². The van der Waals surface area contributed by atoms with E-state index in [1.165, 1.54) is 10.9 Å². The summed E-state index contributed by atoms with van der Waals surface area (Å²) >= 11 is 0. The Balaban J connectivity index is 1.89. The van der Waals surface area contributed by atoms with Crippen LogP contribution in [0.25, 0.3) is 11.2 Å². The lowest BCUT2D eigenvalue weighted by Gasteiger charge is -2.39. The molecule has 0 spiro atoms. The number of nitrogens with one attached hydrogen (secondary N) is 2. The summed E-state index contributed by atoms with van der Waals surface area (Å²) in [6.07, 6.45) is 1.85. The van der Waals surface area contributed by atoms with E-state index in [1.54, 1.807) is 37.3 Å². The summed E-state index contributed by atoms with van der Waals surface area (Å²) in [4.78, 5) is 25.1. The Bertz CT molecular complexity index is 1480. The third kappa shape index (κ3) is 4.58. The first kappa shape index (κ1) is 26.4. The molecule has 2 N–H and O–H groups in total. The minimum Gasteiger partial charge on any atom is -0.410 e. The zero-order valence-electron chi connectivity index (χ0n) is 21.6. The highest BCUT2D eigenvalue weighted by molar-refractivity contribution is 7.91. The smallest absolute Gasteiger partial charge is 0.228 e. The average Bonchev–Trinajstić information content (AvgIpc) is 3.37. The Labute approximate surface area is 211 Å². The van der Waals surface area contributed by atoms with Crippen molar-refractivity contribution in [2.45, 2.75) is 69.5 Å². The molecule has 0 radical (unpaired) electrons. The number of aromatic nitrogens is 4. The number of imidazole rings is 1. The molecule has 0 unspecified atom stereocenters. The molecule has 1 aromatic carbocycles. The SMILES string of the molecule is CC(C)(C)[Si](C)(C)O[C@H]1C[C@](C)(n2c(C(=O)c3ccccc3)nc3nc[nH]c3c2=N)O[C@@H]1S(C)(=O)=O. The van der Waals surface area contributed by atoms with Crippen molar-refractivity contribution in [1.29, 1.82) is 5.41 Å². The van der Waals surface area contributed by atoms with E-state index in [2.05, 4.69) is 35.7 Å². The van der Waals surface area contributed by atoms with E-state index in [-0.39, 0.29) is 28.4 Å². The van der Waals surface area contributed by atoms with Crippen molar-refractivity contribution in [2.24, 2.45) is 0 Å². The number of hydrogen-bond donors (Lipinski definition) is 2. The van der Waals surface area contributed by atoms with E-state index < -0.39 is 41.2 Å². The van der Waals surface area contributed by atoms with Gasteiger partial charge in [-0.25, -0.2) is 18.4 Å². The molecule has 2 aromatic heterocycles. The van der Waals surface area contributed by atoms with Crippen LogP contribution in [0.4, 0.5) is 0 Å². The molecule has 0 saturated carbocycles. The quantitative estimate of drug-likeness (QED) is 0.367. The summed E-state index contributed by atoms with van der Waals surface area (Å²) in [5.41, 5.74) is -1.84. The van der Waals surface area contributed by atoms with Crippen LogP contribution in [0.15, 0.2) is 36.7 Å². The van der Waals surface area contributed by atoms with Crippen LogP contribution in [-0.2, 0) is 24.7 Å². The minimum absolute atomic E-state index is 0.0615. The average molecular weight is 532 g/mol. The zero-order chi connectivity index (χ0) is 26.7. The second-order valence-electron chi connectivity index (χ2n) is 11.0. The van der Waals surface area contributed by atoms with Crippen LogP contribution in [-0.4, -0.2) is 59.8 Å². The van der Waals surface area contributed by atoms with Gasteiger partial charge in [-0.2, -0.15) is 0 Å². The Morgan fingerprint density at radius 2 is 1.92 bits per heavy atom. The third-order valence-electron chi connectivity index (χ3n) is 7.14. The topological polar surface area (TPSA) is 140 Å². The van der Waals surface area contributed by atoms with Gasteiger partial charge in [0.2, 0.25) is 5.78 Å². The number of benzene rings is 1. The molecule has 194 valence electrons. The maximum atomic E-state index is 13.6. The summed E-state index contributed by atoms with van der Waals surface area (Å²) < 4.78 is 39.9. The fraction of sp³-hybridized carbons (Fsp3) is 0.500. The largest absolute Gasteiger partial charge is 0.410 e. The van der Waals surface area contributed by atoms with Crippen molar-refractivity contribution in [3.05, 3.63) is 53.5 Å². The lowest BCUT2D eigenvalue weighted by Crippen LogP contribution is -2.47. The number of ether oxygens (including phenoxy) is 1. The van der Waals surface area contributed by atoms with Crippen molar-refractivity contribution < 1.29 is 22.4 Å². The number of fused-ring (bicyclic) bond motifs is 1. The maximum absolute atomic E-state index is 13.6. The van der Waals surface area contributed by atoms with E-state index in [4.69, 9.17) is 14.6 Å². The van der Waals surface area contributed by atoms with Gasteiger partial charge >= 0.3 is 0 Å². The number of rotatable bonds is 6. The number of aromatic amines is 1. The number of carbonyl (C=O) groups excluding carboxylic acids is 1. The Hall–Kier alpha value is -2.67. The Kier molecular flexibility index (Phi) is 6.39. The molecule has 36 heavy (non-hydrogen) atoms.